The number of benzene rings is 1. The standard InChI is InChI=1S/C12H12ClF4N3/c13-7-5-10-9(6-8(7)14)19-11(18)20(10)4-2-1-3-12(15,16)17/h5-6H,1-4H2,(H2,18,19). The number of alkyl halides is 3. The van der Waals surface area contributed by atoms with Crippen LogP contribution >= 0.6 is 11.6 Å². The topological polar surface area (TPSA) is 43.8 Å². The number of anilines is 1. The Morgan fingerprint density at radius 1 is 1.25 bits per heavy atom. The zero-order valence-corrected chi connectivity index (χ0v) is 11.1. The predicted octanol–water partition coefficient (Wildman–Crippen LogP) is 4.14. The van der Waals surface area contributed by atoms with E-state index in [1.54, 1.807) is 0 Å². The third kappa shape index (κ3) is 3.33. The van der Waals surface area contributed by atoms with E-state index in [9.17, 15) is 17.6 Å². The molecule has 1 aromatic heterocycles. The van der Waals surface area contributed by atoms with Gasteiger partial charge in [-0.2, -0.15) is 13.2 Å². The van der Waals surface area contributed by atoms with Crippen molar-refractivity contribution in [2.24, 2.45) is 0 Å². The van der Waals surface area contributed by atoms with Gasteiger partial charge >= 0.3 is 6.18 Å². The largest absolute Gasteiger partial charge is 0.389 e. The zero-order chi connectivity index (χ0) is 14.9. The van der Waals surface area contributed by atoms with Gasteiger partial charge in [0.15, 0.2) is 0 Å². The molecule has 2 aromatic rings. The third-order valence-electron chi connectivity index (χ3n) is 2.91. The van der Waals surface area contributed by atoms with Crippen LogP contribution in [0.4, 0.5) is 23.5 Å². The molecule has 20 heavy (non-hydrogen) atoms. The Morgan fingerprint density at radius 3 is 2.60 bits per heavy atom. The molecule has 0 saturated heterocycles. The molecule has 0 aliphatic rings. The van der Waals surface area contributed by atoms with Crippen LogP contribution in [-0.4, -0.2) is 15.7 Å². The molecule has 1 heterocycles. The molecular formula is C12H12ClF4N3. The second-order valence-corrected chi connectivity index (χ2v) is 4.86. The molecule has 0 aliphatic carbocycles. The zero-order valence-electron chi connectivity index (χ0n) is 10.3. The van der Waals surface area contributed by atoms with Crippen LogP contribution in [0.3, 0.4) is 0 Å². The summed E-state index contributed by atoms with van der Waals surface area (Å²) in [5, 5.41) is -0.0751. The van der Waals surface area contributed by atoms with Crippen molar-refractivity contribution in [3.63, 3.8) is 0 Å². The summed E-state index contributed by atoms with van der Waals surface area (Å²) in [5.74, 6) is -0.477. The van der Waals surface area contributed by atoms with Gasteiger partial charge in [-0.1, -0.05) is 11.6 Å². The molecule has 110 valence electrons. The van der Waals surface area contributed by atoms with E-state index in [0.717, 1.165) is 6.07 Å². The van der Waals surface area contributed by atoms with Crippen LogP contribution in [0.25, 0.3) is 11.0 Å². The van der Waals surface area contributed by atoms with Gasteiger partial charge in [0.05, 0.1) is 16.1 Å². The third-order valence-corrected chi connectivity index (χ3v) is 3.20. The maximum absolute atomic E-state index is 13.3. The average Bonchev–Trinajstić information content (AvgIpc) is 2.60. The van der Waals surface area contributed by atoms with Crippen molar-refractivity contribution in [2.45, 2.75) is 32.0 Å². The number of hydrogen-bond acceptors (Lipinski definition) is 2. The first-order chi connectivity index (χ1) is 9.28. The quantitative estimate of drug-likeness (QED) is 0.681. The van der Waals surface area contributed by atoms with Crippen LogP contribution in [0.5, 0.6) is 0 Å². The summed E-state index contributed by atoms with van der Waals surface area (Å²) < 4.78 is 51.0. The van der Waals surface area contributed by atoms with Crippen molar-refractivity contribution >= 4 is 28.6 Å². The Labute approximate surface area is 117 Å². The van der Waals surface area contributed by atoms with Gasteiger partial charge in [0.1, 0.15) is 5.82 Å². The number of halogens is 5. The van der Waals surface area contributed by atoms with Crippen molar-refractivity contribution in [3.8, 4) is 0 Å². The molecule has 2 N–H and O–H groups in total. The van der Waals surface area contributed by atoms with Crippen LogP contribution in [0, 0.1) is 5.82 Å². The van der Waals surface area contributed by atoms with Crippen LogP contribution in [0.1, 0.15) is 19.3 Å². The van der Waals surface area contributed by atoms with Crippen LogP contribution in [-0.2, 0) is 6.54 Å². The lowest BCUT2D eigenvalue weighted by Crippen LogP contribution is -2.08. The fourth-order valence-corrected chi connectivity index (χ4v) is 2.13. The molecule has 1 aromatic carbocycles. The number of unbranched alkanes of at least 4 members (excludes halogenated alkanes) is 1. The van der Waals surface area contributed by atoms with Gasteiger partial charge in [-0.25, -0.2) is 9.37 Å². The maximum atomic E-state index is 13.3. The minimum atomic E-state index is -4.16. The minimum Gasteiger partial charge on any atom is -0.369 e. The maximum Gasteiger partial charge on any atom is 0.389 e. The Kier molecular flexibility index (Phi) is 4.08. The van der Waals surface area contributed by atoms with E-state index in [-0.39, 0.29) is 23.9 Å². The summed E-state index contributed by atoms with van der Waals surface area (Å²) >= 11 is 5.68. The predicted molar refractivity (Wildman–Crippen MR) is 69.0 cm³/mol. The van der Waals surface area contributed by atoms with Crippen LogP contribution in [0.15, 0.2) is 12.1 Å². The van der Waals surface area contributed by atoms with E-state index in [1.807, 2.05) is 0 Å². The van der Waals surface area contributed by atoms with E-state index in [2.05, 4.69) is 4.98 Å². The monoisotopic (exact) mass is 309 g/mol. The van der Waals surface area contributed by atoms with Gasteiger partial charge in [0.2, 0.25) is 5.95 Å². The van der Waals surface area contributed by atoms with Crippen molar-refractivity contribution < 1.29 is 17.6 Å². The highest BCUT2D eigenvalue weighted by molar-refractivity contribution is 6.31. The lowest BCUT2D eigenvalue weighted by Gasteiger charge is -2.08. The van der Waals surface area contributed by atoms with Gasteiger partial charge in [-0.05, 0) is 18.9 Å². The summed E-state index contributed by atoms with van der Waals surface area (Å²) in [6.07, 6.45) is -4.70. The first-order valence-corrected chi connectivity index (χ1v) is 6.33. The van der Waals surface area contributed by atoms with Crippen molar-refractivity contribution in [1.82, 2.24) is 9.55 Å². The highest BCUT2D eigenvalue weighted by Gasteiger charge is 2.25. The molecule has 8 heteroatoms. The fourth-order valence-electron chi connectivity index (χ4n) is 1.97. The molecule has 0 amide bonds. The molecule has 0 fully saturated rings. The number of aromatic nitrogens is 2. The van der Waals surface area contributed by atoms with Crippen molar-refractivity contribution in [2.75, 3.05) is 5.73 Å². The lowest BCUT2D eigenvalue weighted by atomic mass is 10.2. The normalized spacial score (nSPS) is 12.2. The molecule has 0 saturated carbocycles. The van der Waals surface area contributed by atoms with Gasteiger partial charge < -0.3 is 10.3 Å². The highest BCUT2D eigenvalue weighted by Crippen LogP contribution is 2.26. The number of fused-ring (bicyclic) bond motifs is 1. The first kappa shape index (κ1) is 14.9. The number of hydrogen-bond donors (Lipinski definition) is 1. The van der Waals surface area contributed by atoms with Gasteiger partial charge in [-0.3, -0.25) is 0 Å². The second-order valence-electron chi connectivity index (χ2n) is 4.45. The molecule has 0 bridgehead atoms. The van der Waals surface area contributed by atoms with Crippen molar-refractivity contribution in [3.05, 3.63) is 23.0 Å². The number of nitrogens with zero attached hydrogens (tertiary/aromatic N) is 2. The van der Waals surface area contributed by atoms with Crippen LogP contribution < -0.4 is 5.73 Å². The molecule has 0 radical (unpaired) electrons. The Morgan fingerprint density at radius 2 is 1.95 bits per heavy atom. The fraction of sp³-hybridized carbons (Fsp3) is 0.417. The van der Waals surface area contributed by atoms with E-state index in [0.29, 0.717) is 17.5 Å². The van der Waals surface area contributed by atoms with Gasteiger partial charge in [-0.15, -0.1) is 0 Å². The first-order valence-electron chi connectivity index (χ1n) is 5.95. The summed E-state index contributed by atoms with van der Waals surface area (Å²) in [6.45, 7) is 0.278. The minimum absolute atomic E-state index is 0.00244. The highest BCUT2D eigenvalue weighted by atomic mass is 35.5. The van der Waals surface area contributed by atoms with E-state index in [1.165, 1.54) is 10.6 Å². The second kappa shape index (κ2) is 5.47. The molecular weight excluding hydrogens is 298 g/mol. The lowest BCUT2D eigenvalue weighted by molar-refractivity contribution is -0.135. The van der Waals surface area contributed by atoms with Crippen LogP contribution in [0.2, 0.25) is 5.02 Å². The molecule has 2 rings (SSSR count). The molecule has 0 atom stereocenters. The van der Waals surface area contributed by atoms with Gasteiger partial charge in [0, 0.05) is 19.0 Å². The number of nitrogen functional groups attached to an aromatic ring is 1. The summed E-state index contributed by atoms with van der Waals surface area (Å²) in [4.78, 5) is 3.96. The SMILES string of the molecule is Nc1nc2cc(F)c(Cl)cc2n1CCCCC(F)(F)F. The van der Waals surface area contributed by atoms with Gasteiger partial charge in [0.25, 0.3) is 0 Å². The Bertz CT molecular complexity index is 621. The van der Waals surface area contributed by atoms with E-state index in [4.69, 9.17) is 17.3 Å². The molecule has 0 aliphatic heterocycles. The van der Waals surface area contributed by atoms with E-state index < -0.39 is 18.4 Å². The number of imidazole rings is 1. The molecule has 3 nitrogen and oxygen atoms in total. The summed E-state index contributed by atoms with van der Waals surface area (Å²) in [6, 6.07) is 2.53. The van der Waals surface area contributed by atoms with E-state index >= 15 is 0 Å². The van der Waals surface area contributed by atoms with Crippen molar-refractivity contribution in [1.29, 1.82) is 0 Å². The summed E-state index contributed by atoms with van der Waals surface area (Å²) in [5.41, 5.74) is 6.53. The Hall–Kier alpha value is -1.50. The molecule has 0 unspecified atom stereocenters. The smallest absolute Gasteiger partial charge is 0.369 e. The average molecular weight is 310 g/mol. The summed E-state index contributed by atoms with van der Waals surface area (Å²) in [7, 11) is 0. The number of nitrogens with two attached hydrogens (primary N) is 1. The Balaban J connectivity index is 2.14. The molecule has 0 spiro atoms. The number of aryl methyl sites for hydroxylation is 1. The number of rotatable bonds is 4.